The third kappa shape index (κ3) is 9.43. The Bertz CT molecular complexity index is 115. The van der Waals surface area contributed by atoms with Crippen LogP contribution in [-0.4, -0.2) is 24.2 Å². The first-order valence-electron chi connectivity index (χ1n) is 4.70. The SMILES string of the molecule is CCNCCCCCCC(=O)O. The molecule has 0 spiro atoms. The zero-order valence-corrected chi connectivity index (χ0v) is 7.81. The molecule has 3 nitrogen and oxygen atoms in total. The van der Waals surface area contributed by atoms with Crippen molar-refractivity contribution in [2.24, 2.45) is 0 Å². The average molecular weight is 173 g/mol. The van der Waals surface area contributed by atoms with Gasteiger partial charge in [-0.05, 0) is 25.9 Å². The van der Waals surface area contributed by atoms with Crippen molar-refractivity contribution >= 4 is 5.97 Å². The quantitative estimate of drug-likeness (QED) is 0.548. The van der Waals surface area contributed by atoms with Gasteiger partial charge in [-0.1, -0.05) is 19.8 Å². The summed E-state index contributed by atoms with van der Waals surface area (Å²) in [7, 11) is 0. The second-order valence-electron chi connectivity index (χ2n) is 2.91. The van der Waals surface area contributed by atoms with Crippen LogP contribution in [0, 0.1) is 0 Å². The van der Waals surface area contributed by atoms with Crippen LogP contribution >= 0.6 is 0 Å². The van der Waals surface area contributed by atoms with E-state index >= 15 is 0 Å². The lowest BCUT2D eigenvalue weighted by atomic mass is 10.1. The van der Waals surface area contributed by atoms with Gasteiger partial charge in [0.05, 0.1) is 0 Å². The van der Waals surface area contributed by atoms with Crippen molar-refractivity contribution in [1.82, 2.24) is 5.32 Å². The van der Waals surface area contributed by atoms with E-state index in [1.807, 2.05) is 0 Å². The van der Waals surface area contributed by atoms with Gasteiger partial charge in [-0.15, -0.1) is 0 Å². The van der Waals surface area contributed by atoms with Gasteiger partial charge in [0.15, 0.2) is 0 Å². The smallest absolute Gasteiger partial charge is 0.303 e. The number of hydrogen-bond donors (Lipinski definition) is 2. The Labute approximate surface area is 74.2 Å². The van der Waals surface area contributed by atoms with Gasteiger partial charge in [0.2, 0.25) is 0 Å². The van der Waals surface area contributed by atoms with Crippen molar-refractivity contribution in [3.63, 3.8) is 0 Å². The Morgan fingerprint density at radius 2 is 1.92 bits per heavy atom. The number of unbranched alkanes of at least 4 members (excludes halogenated alkanes) is 3. The summed E-state index contributed by atoms with van der Waals surface area (Å²) in [5.41, 5.74) is 0. The molecular weight excluding hydrogens is 154 g/mol. The number of carboxylic acids is 1. The highest BCUT2D eigenvalue weighted by Gasteiger charge is 1.95. The predicted octanol–water partition coefficient (Wildman–Crippen LogP) is 1.63. The van der Waals surface area contributed by atoms with Gasteiger partial charge in [0.1, 0.15) is 0 Å². The highest BCUT2D eigenvalue weighted by molar-refractivity contribution is 5.66. The molecule has 3 heteroatoms. The van der Waals surface area contributed by atoms with Gasteiger partial charge >= 0.3 is 5.97 Å². The minimum Gasteiger partial charge on any atom is -0.481 e. The van der Waals surface area contributed by atoms with E-state index in [9.17, 15) is 4.79 Å². The van der Waals surface area contributed by atoms with E-state index in [0.717, 1.165) is 38.8 Å². The predicted molar refractivity (Wildman–Crippen MR) is 49.3 cm³/mol. The monoisotopic (exact) mass is 173 g/mol. The third-order valence-corrected chi connectivity index (χ3v) is 1.74. The summed E-state index contributed by atoms with van der Waals surface area (Å²) in [4.78, 5) is 10.1. The molecule has 0 unspecified atom stereocenters. The zero-order chi connectivity index (χ0) is 9.23. The number of carbonyl (C=O) groups is 1. The van der Waals surface area contributed by atoms with Gasteiger partial charge in [-0.3, -0.25) is 4.79 Å². The van der Waals surface area contributed by atoms with Crippen LogP contribution in [0.2, 0.25) is 0 Å². The minimum absolute atomic E-state index is 0.321. The van der Waals surface area contributed by atoms with Crippen molar-refractivity contribution in [1.29, 1.82) is 0 Å². The molecule has 0 amide bonds. The van der Waals surface area contributed by atoms with Crippen LogP contribution in [0.1, 0.15) is 39.0 Å². The van der Waals surface area contributed by atoms with Gasteiger partial charge in [-0.25, -0.2) is 0 Å². The average Bonchev–Trinajstić information content (AvgIpc) is 2.02. The summed E-state index contributed by atoms with van der Waals surface area (Å²) in [6, 6.07) is 0. The molecule has 0 aliphatic heterocycles. The van der Waals surface area contributed by atoms with E-state index in [2.05, 4.69) is 12.2 Å². The van der Waals surface area contributed by atoms with Crippen molar-refractivity contribution in [2.45, 2.75) is 39.0 Å². The summed E-state index contributed by atoms with van der Waals surface area (Å²) in [6.07, 6.45) is 4.48. The molecule has 0 fully saturated rings. The molecule has 0 aliphatic rings. The van der Waals surface area contributed by atoms with Crippen molar-refractivity contribution < 1.29 is 9.90 Å². The molecule has 0 aromatic heterocycles. The topological polar surface area (TPSA) is 49.3 Å². The first-order chi connectivity index (χ1) is 5.77. The molecule has 0 saturated heterocycles. The van der Waals surface area contributed by atoms with Crippen molar-refractivity contribution in [2.75, 3.05) is 13.1 Å². The van der Waals surface area contributed by atoms with Gasteiger partial charge in [-0.2, -0.15) is 0 Å². The Hall–Kier alpha value is -0.570. The van der Waals surface area contributed by atoms with Crippen LogP contribution in [0.25, 0.3) is 0 Å². The fourth-order valence-electron chi connectivity index (χ4n) is 1.06. The first kappa shape index (κ1) is 11.4. The summed E-state index contributed by atoms with van der Waals surface area (Å²) >= 11 is 0. The normalized spacial score (nSPS) is 10.1. The maximum absolute atomic E-state index is 10.1. The summed E-state index contributed by atoms with van der Waals surface area (Å²) in [6.45, 7) is 4.17. The van der Waals surface area contributed by atoms with Crippen LogP contribution in [-0.2, 0) is 4.79 Å². The first-order valence-corrected chi connectivity index (χ1v) is 4.70. The van der Waals surface area contributed by atoms with E-state index in [-0.39, 0.29) is 0 Å². The van der Waals surface area contributed by atoms with E-state index in [1.165, 1.54) is 0 Å². The summed E-state index contributed by atoms with van der Waals surface area (Å²) < 4.78 is 0. The molecule has 2 N–H and O–H groups in total. The Kier molecular flexibility index (Phi) is 8.12. The Morgan fingerprint density at radius 1 is 1.25 bits per heavy atom. The molecule has 0 aromatic rings. The van der Waals surface area contributed by atoms with Crippen molar-refractivity contribution in [3.8, 4) is 0 Å². The molecular formula is C9H19NO2. The Balaban J connectivity index is 2.86. The summed E-state index contributed by atoms with van der Waals surface area (Å²) in [5.74, 6) is -0.679. The summed E-state index contributed by atoms with van der Waals surface area (Å²) in [5, 5.41) is 11.6. The van der Waals surface area contributed by atoms with E-state index in [4.69, 9.17) is 5.11 Å². The molecule has 0 heterocycles. The van der Waals surface area contributed by atoms with Crippen LogP contribution in [0.3, 0.4) is 0 Å². The number of nitrogens with one attached hydrogen (secondary N) is 1. The molecule has 0 aliphatic carbocycles. The second kappa shape index (κ2) is 8.53. The van der Waals surface area contributed by atoms with Gasteiger partial charge in [0, 0.05) is 6.42 Å². The molecule has 0 rings (SSSR count). The lowest BCUT2D eigenvalue weighted by molar-refractivity contribution is -0.137. The molecule has 0 radical (unpaired) electrons. The number of aliphatic carboxylic acids is 1. The van der Waals surface area contributed by atoms with Crippen LogP contribution < -0.4 is 5.32 Å². The lowest BCUT2D eigenvalue weighted by Gasteiger charge is -2.00. The fourth-order valence-corrected chi connectivity index (χ4v) is 1.06. The zero-order valence-electron chi connectivity index (χ0n) is 7.81. The highest BCUT2D eigenvalue weighted by atomic mass is 16.4. The molecule has 0 aromatic carbocycles. The number of carboxylic acid groups (broad SMARTS) is 1. The molecule has 0 bridgehead atoms. The van der Waals surface area contributed by atoms with E-state index < -0.39 is 5.97 Å². The maximum atomic E-state index is 10.1. The van der Waals surface area contributed by atoms with E-state index in [1.54, 1.807) is 0 Å². The lowest BCUT2D eigenvalue weighted by Crippen LogP contribution is -2.13. The fraction of sp³-hybridized carbons (Fsp3) is 0.889. The van der Waals surface area contributed by atoms with Crippen LogP contribution in [0.15, 0.2) is 0 Å². The molecule has 0 saturated carbocycles. The molecule has 0 atom stereocenters. The minimum atomic E-state index is -0.679. The van der Waals surface area contributed by atoms with Crippen molar-refractivity contribution in [3.05, 3.63) is 0 Å². The van der Waals surface area contributed by atoms with Crippen LogP contribution in [0.5, 0.6) is 0 Å². The number of rotatable bonds is 8. The van der Waals surface area contributed by atoms with E-state index in [0.29, 0.717) is 6.42 Å². The Morgan fingerprint density at radius 3 is 2.50 bits per heavy atom. The molecule has 12 heavy (non-hydrogen) atoms. The highest BCUT2D eigenvalue weighted by Crippen LogP contribution is 2.01. The van der Waals surface area contributed by atoms with Gasteiger partial charge in [0.25, 0.3) is 0 Å². The largest absolute Gasteiger partial charge is 0.481 e. The van der Waals surface area contributed by atoms with Gasteiger partial charge < -0.3 is 10.4 Å². The maximum Gasteiger partial charge on any atom is 0.303 e. The standard InChI is InChI=1S/C9H19NO2/c1-2-10-8-6-4-3-5-7-9(11)12/h10H,2-8H2,1H3,(H,11,12). The number of hydrogen-bond acceptors (Lipinski definition) is 2. The second-order valence-corrected chi connectivity index (χ2v) is 2.91. The third-order valence-electron chi connectivity index (χ3n) is 1.74. The van der Waals surface area contributed by atoms with Crippen LogP contribution in [0.4, 0.5) is 0 Å². The molecule has 72 valence electrons.